The molecule has 1 atom stereocenters. The van der Waals surface area contributed by atoms with E-state index < -0.39 is 0 Å². The third-order valence-corrected chi connectivity index (χ3v) is 3.32. The fourth-order valence-electron chi connectivity index (χ4n) is 1.20. The van der Waals surface area contributed by atoms with Crippen LogP contribution in [-0.4, -0.2) is 11.5 Å². The highest BCUT2D eigenvalue weighted by atomic mass is 32.1. The van der Waals surface area contributed by atoms with E-state index in [4.69, 9.17) is 5.73 Å². The van der Waals surface area contributed by atoms with Crippen LogP contribution in [0.5, 0.6) is 0 Å². The number of nitrogens with zero attached hydrogens (tertiary/aromatic N) is 1. The lowest BCUT2D eigenvalue weighted by Gasteiger charge is -2.15. The van der Waals surface area contributed by atoms with Gasteiger partial charge in [0.25, 0.3) is 0 Å². The zero-order valence-electron chi connectivity index (χ0n) is 9.50. The van der Waals surface area contributed by atoms with E-state index in [0.29, 0.717) is 17.9 Å². The summed E-state index contributed by atoms with van der Waals surface area (Å²) in [5.41, 5.74) is 5.94. The van der Waals surface area contributed by atoms with E-state index in [1.165, 1.54) is 9.88 Å². The van der Waals surface area contributed by atoms with E-state index in [-0.39, 0.29) is 0 Å². The minimum Gasteiger partial charge on any atom is -0.330 e. The minimum absolute atomic E-state index is 0.321. The van der Waals surface area contributed by atoms with Gasteiger partial charge in [0.1, 0.15) is 0 Å². The second-order valence-corrected chi connectivity index (χ2v) is 6.18. The quantitative estimate of drug-likeness (QED) is 0.836. The molecular formula is C11H20N2S. The molecule has 0 saturated carbocycles. The van der Waals surface area contributed by atoms with Gasteiger partial charge in [-0.05, 0) is 12.0 Å². The second-order valence-electron chi connectivity index (χ2n) is 5.03. The molecule has 2 N–H and O–H groups in total. The third kappa shape index (κ3) is 3.39. The summed E-state index contributed by atoms with van der Waals surface area (Å²) in [6.45, 7) is 9.56. The first-order valence-corrected chi connectivity index (χ1v) is 5.88. The standard InChI is InChI=1S/C11H20N2S/c1-8(6-12)9-7-13-10(14-9)5-11(2,3)4/h7-8H,5-6,12H2,1-4H3. The van der Waals surface area contributed by atoms with E-state index in [1.807, 2.05) is 6.20 Å². The van der Waals surface area contributed by atoms with E-state index in [0.717, 1.165) is 6.42 Å². The van der Waals surface area contributed by atoms with Crippen molar-refractivity contribution in [2.75, 3.05) is 6.54 Å². The second kappa shape index (κ2) is 4.41. The van der Waals surface area contributed by atoms with Gasteiger partial charge in [0.05, 0.1) is 5.01 Å². The molecule has 0 radical (unpaired) electrons. The van der Waals surface area contributed by atoms with Crippen molar-refractivity contribution >= 4 is 11.3 Å². The van der Waals surface area contributed by atoms with Crippen molar-refractivity contribution in [3.8, 4) is 0 Å². The number of thiazole rings is 1. The van der Waals surface area contributed by atoms with Crippen LogP contribution in [0.1, 0.15) is 43.5 Å². The predicted octanol–water partition coefficient (Wildman–Crippen LogP) is 2.79. The fraction of sp³-hybridized carbons (Fsp3) is 0.727. The van der Waals surface area contributed by atoms with E-state index in [9.17, 15) is 0 Å². The first-order chi connectivity index (χ1) is 6.42. The van der Waals surface area contributed by atoms with Crippen LogP contribution >= 0.6 is 11.3 Å². The maximum atomic E-state index is 5.62. The van der Waals surface area contributed by atoms with Crippen molar-refractivity contribution in [2.24, 2.45) is 11.1 Å². The molecule has 80 valence electrons. The molecule has 0 spiro atoms. The van der Waals surface area contributed by atoms with Crippen LogP contribution in [0.3, 0.4) is 0 Å². The zero-order chi connectivity index (χ0) is 10.8. The molecule has 2 nitrogen and oxygen atoms in total. The Kier molecular flexibility index (Phi) is 3.67. The van der Waals surface area contributed by atoms with Crippen LogP contribution in [0.2, 0.25) is 0 Å². The molecule has 0 bridgehead atoms. The number of nitrogens with two attached hydrogens (primary N) is 1. The number of aromatic nitrogens is 1. The third-order valence-electron chi connectivity index (χ3n) is 2.09. The maximum Gasteiger partial charge on any atom is 0.0933 e. The smallest absolute Gasteiger partial charge is 0.0933 e. The molecule has 1 unspecified atom stereocenters. The maximum absolute atomic E-state index is 5.62. The van der Waals surface area contributed by atoms with Crippen molar-refractivity contribution in [3.05, 3.63) is 16.1 Å². The average molecular weight is 212 g/mol. The van der Waals surface area contributed by atoms with Crippen LogP contribution < -0.4 is 5.73 Å². The SMILES string of the molecule is CC(CN)c1cnc(CC(C)(C)C)s1. The summed E-state index contributed by atoms with van der Waals surface area (Å²) in [7, 11) is 0. The van der Waals surface area contributed by atoms with E-state index in [2.05, 4.69) is 32.7 Å². The molecule has 0 amide bonds. The topological polar surface area (TPSA) is 38.9 Å². The monoisotopic (exact) mass is 212 g/mol. The highest BCUT2D eigenvalue weighted by Crippen LogP contribution is 2.27. The van der Waals surface area contributed by atoms with Gasteiger partial charge in [-0.15, -0.1) is 11.3 Å². The highest BCUT2D eigenvalue weighted by molar-refractivity contribution is 7.11. The Balaban J connectivity index is 2.69. The van der Waals surface area contributed by atoms with Crippen LogP contribution in [0.25, 0.3) is 0 Å². The van der Waals surface area contributed by atoms with Crippen LogP contribution in [0.4, 0.5) is 0 Å². The van der Waals surface area contributed by atoms with Gasteiger partial charge in [-0.2, -0.15) is 0 Å². The van der Waals surface area contributed by atoms with Gasteiger partial charge in [-0.3, -0.25) is 0 Å². The summed E-state index contributed by atoms with van der Waals surface area (Å²) in [5, 5.41) is 1.23. The Hall–Kier alpha value is -0.410. The summed E-state index contributed by atoms with van der Waals surface area (Å²) in [5.74, 6) is 0.446. The van der Waals surface area contributed by atoms with Gasteiger partial charge < -0.3 is 5.73 Å². The normalized spacial score (nSPS) is 14.4. The predicted molar refractivity (Wildman–Crippen MR) is 62.7 cm³/mol. The Morgan fingerprint density at radius 3 is 2.64 bits per heavy atom. The number of hydrogen-bond donors (Lipinski definition) is 1. The summed E-state index contributed by atoms with van der Waals surface area (Å²) >= 11 is 1.80. The van der Waals surface area contributed by atoms with Crippen molar-refractivity contribution in [3.63, 3.8) is 0 Å². The molecule has 3 heteroatoms. The van der Waals surface area contributed by atoms with Gasteiger partial charge in [0.2, 0.25) is 0 Å². The molecule has 0 aliphatic rings. The highest BCUT2D eigenvalue weighted by Gasteiger charge is 2.15. The summed E-state index contributed by atoms with van der Waals surface area (Å²) in [6, 6.07) is 0. The van der Waals surface area contributed by atoms with Gasteiger partial charge >= 0.3 is 0 Å². The van der Waals surface area contributed by atoms with Gasteiger partial charge in [-0.25, -0.2) is 4.98 Å². The lowest BCUT2D eigenvalue weighted by molar-refractivity contribution is 0.410. The van der Waals surface area contributed by atoms with Crippen molar-refractivity contribution < 1.29 is 0 Å². The zero-order valence-corrected chi connectivity index (χ0v) is 10.3. The van der Waals surface area contributed by atoms with Crippen LogP contribution in [-0.2, 0) is 6.42 Å². The van der Waals surface area contributed by atoms with E-state index in [1.54, 1.807) is 11.3 Å². The van der Waals surface area contributed by atoms with Crippen molar-refractivity contribution in [1.82, 2.24) is 4.98 Å². The first-order valence-electron chi connectivity index (χ1n) is 5.07. The van der Waals surface area contributed by atoms with Crippen molar-refractivity contribution in [1.29, 1.82) is 0 Å². The fourth-order valence-corrected chi connectivity index (χ4v) is 2.49. The lowest BCUT2D eigenvalue weighted by Crippen LogP contribution is -2.08. The van der Waals surface area contributed by atoms with Crippen LogP contribution in [0.15, 0.2) is 6.20 Å². The van der Waals surface area contributed by atoms with Gasteiger partial charge in [0.15, 0.2) is 0 Å². The number of hydrogen-bond acceptors (Lipinski definition) is 3. The molecule has 1 aromatic rings. The molecule has 0 fully saturated rings. The molecule has 1 aromatic heterocycles. The Morgan fingerprint density at radius 2 is 2.14 bits per heavy atom. The van der Waals surface area contributed by atoms with E-state index >= 15 is 0 Å². The number of rotatable bonds is 3. The molecule has 14 heavy (non-hydrogen) atoms. The molecule has 0 aliphatic carbocycles. The van der Waals surface area contributed by atoms with Gasteiger partial charge in [0, 0.05) is 23.4 Å². The van der Waals surface area contributed by atoms with Crippen molar-refractivity contribution in [2.45, 2.75) is 40.0 Å². The summed E-state index contributed by atoms with van der Waals surface area (Å²) in [4.78, 5) is 5.75. The molecule has 1 rings (SSSR count). The Morgan fingerprint density at radius 1 is 1.50 bits per heavy atom. The first kappa shape index (κ1) is 11.7. The molecular weight excluding hydrogens is 192 g/mol. The Bertz CT molecular complexity index is 286. The lowest BCUT2D eigenvalue weighted by atomic mass is 9.93. The average Bonchev–Trinajstić information content (AvgIpc) is 2.48. The molecule has 1 heterocycles. The molecule has 0 aliphatic heterocycles. The summed E-state index contributed by atoms with van der Waals surface area (Å²) < 4.78 is 0. The van der Waals surface area contributed by atoms with Crippen LogP contribution in [0, 0.1) is 5.41 Å². The largest absolute Gasteiger partial charge is 0.330 e. The Labute approximate surface area is 90.6 Å². The molecule has 0 saturated heterocycles. The summed E-state index contributed by atoms with van der Waals surface area (Å²) in [6.07, 6.45) is 3.03. The minimum atomic E-state index is 0.321. The molecule has 0 aromatic carbocycles. The van der Waals surface area contributed by atoms with Gasteiger partial charge in [-0.1, -0.05) is 27.7 Å².